The number of carbonyl (C=O) groups is 2. The number of ether oxygens (including phenoxy) is 3. The molecule has 1 aromatic carbocycles. The first-order chi connectivity index (χ1) is 13.0. The molecule has 1 saturated heterocycles. The minimum absolute atomic E-state index is 0.0568. The first-order valence-corrected chi connectivity index (χ1v) is 9.22. The van der Waals surface area contributed by atoms with Crippen molar-refractivity contribution in [3.63, 3.8) is 0 Å². The summed E-state index contributed by atoms with van der Waals surface area (Å²) in [6.07, 6.45) is 5.13. The van der Waals surface area contributed by atoms with Crippen LogP contribution in [0.15, 0.2) is 18.2 Å². The van der Waals surface area contributed by atoms with E-state index in [1.165, 1.54) is 0 Å². The number of methoxy groups -OCH3 is 2. The highest BCUT2D eigenvalue weighted by molar-refractivity contribution is 6.63. The lowest BCUT2D eigenvalue weighted by Crippen LogP contribution is -2.52. The van der Waals surface area contributed by atoms with Crippen molar-refractivity contribution in [1.82, 2.24) is 0 Å². The first-order valence-electron chi connectivity index (χ1n) is 9.22. The lowest BCUT2D eigenvalue weighted by molar-refractivity contribution is -0.172. The van der Waals surface area contributed by atoms with Gasteiger partial charge in [-0.2, -0.15) is 4.79 Å². The fraction of sp³-hybridized carbons (Fsp3) is 0.550. The van der Waals surface area contributed by atoms with E-state index in [0.29, 0.717) is 24.3 Å². The maximum absolute atomic E-state index is 12.4. The van der Waals surface area contributed by atoms with Crippen LogP contribution in [0.25, 0.3) is 5.53 Å². The Kier molecular flexibility index (Phi) is 5.61. The number of esters is 1. The van der Waals surface area contributed by atoms with E-state index in [9.17, 15) is 9.59 Å². The third kappa shape index (κ3) is 3.74. The van der Waals surface area contributed by atoms with E-state index < -0.39 is 23.1 Å². The predicted molar refractivity (Wildman–Crippen MR) is 96.9 cm³/mol. The molecule has 0 spiro atoms. The van der Waals surface area contributed by atoms with E-state index in [1.54, 1.807) is 14.2 Å². The predicted octanol–water partition coefficient (Wildman–Crippen LogP) is 2.75. The Morgan fingerprint density at radius 1 is 1.22 bits per heavy atom. The van der Waals surface area contributed by atoms with E-state index in [4.69, 9.17) is 19.7 Å². The van der Waals surface area contributed by atoms with Crippen LogP contribution in [-0.2, 0) is 20.7 Å². The van der Waals surface area contributed by atoms with Crippen molar-refractivity contribution in [3.05, 3.63) is 29.3 Å². The summed E-state index contributed by atoms with van der Waals surface area (Å²) >= 11 is 0. The Morgan fingerprint density at radius 2 is 1.96 bits per heavy atom. The SMILES string of the molecule is COc1ccc(CCC2(C3CCCC3)CC(=O)C(=[N+]=[N-])C(=O)O2)c(OC)c1. The second-order valence-electron chi connectivity index (χ2n) is 7.16. The molecule has 1 heterocycles. The Balaban J connectivity index is 1.86. The molecule has 1 unspecified atom stereocenters. The number of hydrogen-bond acceptors (Lipinski definition) is 5. The highest BCUT2D eigenvalue weighted by Gasteiger charge is 2.53. The second kappa shape index (κ2) is 7.92. The van der Waals surface area contributed by atoms with Gasteiger partial charge in [0, 0.05) is 6.07 Å². The molecule has 2 fully saturated rings. The molecule has 1 atom stereocenters. The molecule has 0 amide bonds. The molecule has 0 N–H and O–H groups in total. The molecule has 144 valence electrons. The summed E-state index contributed by atoms with van der Waals surface area (Å²) in [5.41, 5.74) is 8.52. The lowest BCUT2D eigenvalue weighted by Gasteiger charge is -2.39. The highest BCUT2D eigenvalue weighted by Crippen LogP contribution is 2.44. The molecule has 1 saturated carbocycles. The van der Waals surface area contributed by atoms with E-state index in [0.717, 1.165) is 31.2 Å². The van der Waals surface area contributed by atoms with Gasteiger partial charge in [0.05, 0.1) is 20.6 Å². The topological polar surface area (TPSA) is 98.2 Å². The normalized spacial score (nSPS) is 23.1. The zero-order valence-corrected chi connectivity index (χ0v) is 15.7. The molecule has 3 rings (SSSR count). The van der Waals surface area contributed by atoms with Gasteiger partial charge in [-0.1, -0.05) is 18.9 Å². The van der Waals surface area contributed by atoms with E-state index in [-0.39, 0.29) is 12.3 Å². The Morgan fingerprint density at radius 3 is 2.56 bits per heavy atom. The van der Waals surface area contributed by atoms with Gasteiger partial charge in [0.15, 0.2) is 0 Å². The third-order valence-corrected chi connectivity index (χ3v) is 5.72. The molecule has 1 aromatic rings. The quantitative estimate of drug-likeness (QED) is 0.434. The van der Waals surface area contributed by atoms with Gasteiger partial charge in [0.1, 0.15) is 17.1 Å². The first kappa shape index (κ1) is 19.1. The molecule has 7 heteroatoms. The second-order valence-corrected chi connectivity index (χ2v) is 7.16. The number of nitrogens with zero attached hydrogens (tertiary/aromatic N) is 2. The number of carbonyl (C=O) groups excluding carboxylic acids is 2. The van der Waals surface area contributed by atoms with Crippen LogP contribution in [0.1, 0.15) is 44.1 Å². The monoisotopic (exact) mass is 372 g/mol. The summed E-state index contributed by atoms with van der Waals surface area (Å²) in [7, 11) is 3.19. The van der Waals surface area contributed by atoms with Crippen LogP contribution in [0, 0.1) is 5.92 Å². The van der Waals surface area contributed by atoms with Crippen molar-refractivity contribution in [2.75, 3.05) is 14.2 Å². The maximum atomic E-state index is 12.4. The smallest absolute Gasteiger partial charge is 0.441 e. The molecule has 2 aliphatic rings. The van der Waals surface area contributed by atoms with Crippen LogP contribution >= 0.6 is 0 Å². The summed E-state index contributed by atoms with van der Waals surface area (Å²) < 4.78 is 16.4. The van der Waals surface area contributed by atoms with Crippen LogP contribution in [0.4, 0.5) is 0 Å². The van der Waals surface area contributed by atoms with Gasteiger partial charge in [0.2, 0.25) is 0 Å². The number of rotatable bonds is 6. The minimum Gasteiger partial charge on any atom is -0.497 e. The van der Waals surface area contributed by atoms with E-state index in [2.05, 4.69) is 4.79 Å². The van der Waals surface area contributed by atoms with Crippen LogP contribution in [0.5, 0.6) is 11.5 Å². The fourth-order valence-corrected chi connectivity index (χ4v) is 4.26. The van der Waals surface area contributed by atoms with E-state index >= 15 is 0 Å². The summed E-state index contributed by atoms with van der Waals surface area (Å²) in [6, 6.07) is 5.59. The van der Waals surface area contributed by atoms with Gasteiger partial charge in [-0.05, 0) is 43.2 Å². The van der Waals surface area contributed by atoms with Gasteiger partial charge in [-0.25, -0.2) is 4.79 Å². The van der Waals surface area contributed by atoms with Gasteiger partial charge >= 0.3 is 11.7 Å². The summed E-state index contributed by atoms with van der Waals surface area (Å²) in [5, 5.41) is 0. The molecule has 0 bridgehead atoms. The van der Waals surface area contributed by atoms with Crippen molar-refractivity contribution in [1.29, 1.82) is 0 Å². The van der Waals surface area contributed by atoms with E-state index in [1.807, 2.05) is 18.2 Å². The maximum Gasteiger partial charge on any atom is 0.441 e. The van der Waals surface area contributed by atoms with Gasteiger partial charge in [0.25, 0.3) is 5.78 Å². The highest BCUT2D eigenvalue weighted by atomic mass is 16.6. The number of hydrogen-bond donors (Lipinski definition) is 0. The van der Waals surface area contributed by atoms with Crippen LogP contribution in [0.3, 0.4) is 0 Å². The third-order valence-electron chi connectivity index (χ3n) is 5.72. The largest absolute Gasteiger partial charge is 0.497 e. The standard InChI is InChI=1S/C20H24N2O5/c1-25-15-8-7-13(17(11-15)26-2)9-10-20(14-5-3-4-6-14)12-16(23)18(22-21)19(24)27-20/h7-8,11,14H,3-6,9-10,12H2,1-2H3. The molecule has 27 heavy (non-hydrogen) atoms. The molecule has 7 nitrogen and oxygen atoms in total. The summed E-state index contributed by atoms with van der Waals surface area (Å²) in [4.78, 5) is 27.5. The van der Waals surface area contributed by atoms with Crippen LogP contribution < -0.4 is 9.47 Å². The molecule has 1 aliphatic carbocycles. The zero-order chi connectivity index (χ0) is 19.4. The fourth-order valence-electron chi connectivity index (χ4n) is 4.26. The van der Waals surface area contributed by atoms with Crippen LogP contribution in [-0.4, -0.2) is 42.1 Å². The summed E-state index contributed by atoms with van der Waals surface area (Å²) in [6.45, 7) is 0. The Labute approximate surface area is 158 Å². The van der Waals surface area contributed by atoms with Crippen molar-refractivity contribution < 1.29 is 28.6 Å². The molecule has 0 aromatic heterocycles. The number of aryl methyl sites for hydroxylation is 1. The zero-order valence-electron chi connectivity index (χ0n) is 15.7. The number of Topliss-reactive ketones (excluding diaryl/α,β-unsaturated/α-hetero) is 1. The Bertz CT molecular complexity index is 772. The Hall–Kier alpha value is -2.66. The number of ketones is 1. The van der Waals surface area contributed by atoms with Crippen molar-refractivity contribution in [3.8, 4) is 11.5 Å². The number of cyclic esters (lactones) is 1. The lowest BCUT2D eigenvalue weighted by atomic mass is 9.75. The molecular formula is C20H24N2O5. The molecule has 0 radical (unpaired) electrons. The molecular weight excluding hydrogens is 348 g/mol. The van der Waals surface area contributed by atoms with Crippen molar-refractivity contribution >= 4 is 17.5 Å². The number of benzene rings is 1. The molecule has 1 aliphatic heterocycles. The van der Waals surface area contributed by atoms with Gasteiger partial charge in [-0.15, -0.1) is 0 Å². The van der Waals surface area contributed by atoms with Gasteiger partial charge < -0.3 is 19.7 Å². The van der Waals surface area contributed by atoms with Gasteiger partial charge in [-0.3, -0.25) is 4.79 Å². The average molecular weight is 372 g/mol. The average Bonchev–Trinajstić information content (AvgIpc) is 3.21. The van der Waals surface area contributed by atoms with Crippen molar-refractivity contribution in [2.24, 2.45) is 5.92 Å². The summed E-state index contributed by atoms with van der Waals surface area (Å²) in [5.74, 6) is 0.241. The van der Waals surface area contributed by atoms with Crippen molar-refractivity contribution in [2.45, 2.75) is 50.5 Å². The van der Waals surface area contributed by atoms with Crippen LogP contribution in [0.2, 0.25) is 0 Å². The minimum atomic E-state index is -0.857.